The quantitative estimate of drug-likeness (QED) is 0.415. The number of carbonyl (C=O) groups is 1. The molecule has 0 radical (unpaired) electrons. The van der Waals surface area contributed by atoms with E-state index in [2.05, 4.69) is 0 Å². The molecule has 3 N–H and O–H groups in total. The van der Waals surface area contributed by atoms with Gasteiger partial charge in [-0.15, -0.1) is 0 Å². The fraction of sp³-hybridized carbons (Fsp3) is 0.889. The molecule has 0 spiro atoms. The Hall–Kier alpha value is -0.820. The molecule has 0 bridgehead atoms. The Balaban J connectivity index is 4.00. The van der Waals surface area contributed by atoms with Crippen LogP contribution >= 0.6 is 0 Å². The Bertz CT molecular complexity index is 219. The van der Waals surface area contributed by atoms with Crippen LogP contribution in [0.1, 0.15) is 26.7 Å². The summed E-state index contributed by atoms with van der Waals surface area (Å²) in [7, 11) is 0. The van der Waals surface area contributed by atoms with Gasteiger partial charge in [-0.25, -0.2) is 5.84 Å². The van der Waals surface area contributed by atoms with Crippen LogP contribution in [0.25, 0.3) is 0 Å². The van der Waals surface area contributed by atoms with Crippen LogP contribution in [0.5, 0.6) is 0 Å². The van der Waals surface area contributed by atoms with Crippen LogP contribution < -0.4 is 11.3 Å². The van der Waals surface area contributed by atoms with Gasteiger partial charge in [0.25, 0.3) is 0 Å². The van der Waals surface area contributed by atoms with Crippen molar-refractivity contribution in [3.8, 4) is 0 Å². The van der Waals surface area contributed by atoms with Gasteiger partial charge in [0.2, 0.25) is 5.91 Å². The van der Waals surface area contributed by atoms with Gasteiger partial charge in [-0.3, -0.25) is 15.1 Å². The third-order valence-electron chi connectivity index (χ3n) is 2.12. The van der Waals surface area contributed by atoms with Gasteiger partial charge < -0.3 is 0 Å². The van der Waals surface area contributed by atoms with Crippen molar-refractivity contribution in [3.05, 3.63) is 0 Å². The SMILES string of the molecule is CC(C)N(CCCC(=O)NN)CC(F)(F)F. The molecule has 7 heteroatoms. The highest BCUT2D eigenvalue weighted by Gasteiger charge is 2.31. The van der Waals surface area contributed by atoms with Gasteiger partial charge in [-0.2, -0.15) is 13.2 Å². The Morgan fingerprint density at radius 3 is 2.38 bits per heavy atom. The van der Waals surface area contributed by atoms with Crippen molar-refractivity contribution in [1.29, 1.82) is 0 Å². The first-order chi connectivity index (χ1) is 7.26. The smallest absolute Gasteiger partial charge is 0.294 e. The second kappa shape index (κ2) is 6.70. The first-order valence-electron chi connectivity index (χ1n) is 5.06. The van der Waals surface area contributed by atoms with Gasteiger partial charge in [0, 0.05) is 12.5 Å². The Kier molecular flexibility index (Phi) is 6.35. The van der Waals surface area contributed by atoms with E-state index < -0.39 is 12.7 Å². The predicted octanol–water partition coefficient (Wildman–Crippen LogP) is 1.03. The molecule has 0 heterocycles. The van der Waals surface area contributed by atoms with E-state index in [1.165, 1.54) is 4.90 Å². The average Bonchev–Trinajstić information content (AvgIpc) is 2.13. The molecule has 0 rings (SSSR count). The number of nitrogens with one attached hydrogen (secondary N) is 1. The van der Waals surface area contributed by atoms with E-state index >= 15 is 0 Å². The van der Waals surface area contributed by atoms with Crippen molar-refractivity contribution < 1.29 is 18.0 Å². The van der Waals surface area contributed by atoms with Crippen LogP contribution in [0.4, 0.5) is 13.2 Å². The van der Waals surface area contributed by atoms with E-state index in [0.717, 1.165) is 0 Å². The highest BCUT2D eigenvalue weighted by atomic mass is 19.4. The summed E-state index contributed by atoms with van der Waals surface area (Å²) in [5, 5.41) is 0. The van der Waals surface area contributed by atoms with Gasteiger partial charge in [0.05, 0.1) is 6.54 Å². The van der Waals surface area contributed by atoms with Crippen LogP contribution in [0.3, 0.4) is 0 Å². The highest BCUT2D eigenvalue weighted by molar-refractivity contribution is 5.75. The lowest BCUT2D eigenvalue weighted by Crippen LogP contribution is -2.40. The number of nitrogens with zero attached hydrogens (tertiary/aromatic N) is 1. The van der Waals surface area contributed by atoms with Crippen LogP contribution in [-0.2, 0) is 4.79 Å². The van der Waals surface area contributed by atoms with E-state index in [9.17, 15) is 18.0 Å². The molecule has 0 aromatic carbocycles. The molecule has 1 amide bonds. The largest absolute Gasteiger partial charge is 0.401 e. The van der Waals surface area contributed by atoms with Gasteiger partial charge >= 0.3 is 6.18 Å². The molecule has 0 saturated carbocycles. The summed E-state index contributed by atoms with van der Waals surface area (Å²) in [6, 6.07) is -0.206. The molecule has 0 aromatic rings. The zero-order valence-corrected chi connectivity index (χ0v) is 9.47. The lowest BCUT2D eigenvalue weighted by atomic mass is 10.2. The molecule has 16 heavy (non-hydrogen) atoms. The van der Waals surface area contributed by atoms with Crippen molar-refractivity contribution in [3.63, 3.8) is 0 Å². The van der Waals surface area contributed by atoms with Crippen molar-refractivity contribution >= 4 is 5.91 Å². The zero-order chi connectivity index (χ0) is 12.8. The highest BCUT2D eigenvalue weighted by Crippen LogP contribution is 2.18. The summed E-state index contributed by atoms with van der Waals surface area (Å²) >= 11 is 0. The zero-order valence-electron chi connectivity index (χ0n) is 9.47. The van der Waals surface area contributed by atoms with Gasteiger partial charge in [0.15, 0.2) is 0 Å². The average molecular weight is 241 g/mol. The van der Waals surface area contributed by atoms with E-state index in [-0.39, 0.29) is 24.9 Å². The van der Waals surface area contributed by atoms with Crippen LogP contribution in [0.15, 0.2) is 0 Å². The maximum absolute atomic E-state index is 12.2. The predicted molar refractivity (Wildman–Crippen MR) is 54.3 cm³/mol. The van der Waals surface area contributed by atoms with Crippen molar-refractivity contribution in [1.82, 2.24) is 10.3 Å². The fourth-order valence-corrected chi connectivity index (χ4v) is 1.26. The van der Waals surface area contributed by atoms with Gasteiger partial charge in [0.1, 0.15) is 0 Å². The number of hydrogen-bond acceptors (Lipinski definition) is 3. The third-order valence-corrected chi connectivity index (χ3v) is 2.12. The van der Waals surface area contributed by atoms with Crippen molar-refractivity contribution in [2.75, 3.05) is 13.1 Å². The summed E-state index contributed by atoms with van der Waals surface area (Å²) < 4.78 is 36.5. The van der Waals surface area contributed by atoms with Crippen LogP contribution in [0, 0.1) is 0 Å². The molecule has 0 aliphatic heterocycles. The molecule has 0 unspecified atom stereocenters. The van der Waals surface area contributed by atoms with Crippen LogP contribution in [-0.4, -0.2) is 36.1 Å². The first kappa shape index (κ1) is 15.2. The number of amides is 1. The minimum absolute atomic E-state index is 0.136. The number of alkyl halides is 3. The van der Waals surface area contributed by atoms with Gasteiger partial charge in [-0.05, 0) is 26.8 Å². The molecule has 0 aromatic heterocycles. The fourth-order valence-electron chi connectivity index (χ4n) is 1.26. The minimum atomic E-state index is -4.21. The van der Waals surface area contributed by atoms with E-state index in [4.69, 9.17) is 5.84 Å². The summed E-state index contributed by atoms with van der Waals surface area (Å²) in [6.45, 7) is 2.66. The van der Waals surface area contributed by atoms with Gasteiger partial charge in [-0.1, -0.05) is 0 Å². The number of hydrogen-bond donors (Lipinski definition) is 2. The normalized spacial score (nSPS) is 12.2. The second-order valence-corrected chi connectivity index (χ2v) is 3.85. The molecule has 96 valence electrons. The summed E-state index contributed by atoms with van der Waals surface area (Å²) in [5.74, 6) is 4.49. The Labute approximate surface area is 92.9 Å². The molecular formula is C9H18F3N3O. The van der Waals surface area contributed by atoms with E-state index in [1.54, 1.807) is 13.8 Å². The maximum Gasteiger partial charge on any atom is 0.401 e. The maximum atomic E-state index is 12.2. The van der Waals surface area contributed by atoms with Crippen LogP contribution in [0.2, 0.25) is 0 Å². The standard InChI is InChI=1S/C9H18F3N3O/c1-7(2)15(6-9(10,11)12)5-3-4-8(16)14-13/h7H,3-6,13H2,1-2H3,(H,14,16). The minimum Gasteiger partial charge on any atom is -0.294 e. The molecule has 0 fully saturated rings. The summed E-state index contributed by atoms with van der Waals surface area (Å²) in [4.78, 5) is 12.1. The van der Waals surface area contributed by atoms with Crippen molar-refractivity contribution in [2.24, 2.45) is 5.84 Å². The number of hydrazine groups is 1. The molecule has 0 aliphatic rings. The Morgan fingerprint density at radius 2 is 2.00 bits per heavy atom. The lowest BCUT2D eigenvalue weighted by Gasteiger charge is -2.27. The number of halogens is 3. The topological polar surface area (TPSA) is 58.4 Å². The molecule has 4 nitrogen and oxygen atoms in total. The van der Waals surface area contributed by atoms with E-state index in [1.807, 2.05) is 5.43 Å². The molecular weight excluding hydrogens is 223 g/mol. The van der Waals surface area contributed by atoms with E-state index in [0.29, 0.717) is 6.42 Å². The lowest BCUT2D eigenvalue weighted by molar-refractivity contribution is -0.149. The Morgan fingerprint density at radius 1 is 1.44 bits per heavy atom. The first-order valence-corrected chi connectivity index (χ1v) is 5.06. The summed E-state index contributed by atoms with van der Waals surface area (Å²) in [5.41, 5.74) is 1.94. The third kappa shape index (κ3) is 7.47. The van der Waals surface area contributed by atoms with Crippen molar-refractivity contribution in [2.45, 2.75) is 38.9 Å². The molecule has 0 atom stereocenters. The monoisotopic (exact) mass is 241 g/mol. The number of nitrogens with two attached hydrogens (primary N) is 1. The summed E-state index contributed by atoms with van der Waals surface area (Å²) in [6.07, 6.45) is -3.71. The molecule has 0 saturated heterocycles. The second-order valence-electron chi connectivity index (χ2n) is 3.85. The number of carbonyl (C=O) groups excluding carboxylic acids is 1. The number of rotatable bonds is 6. The molecule has 0 aliphatic carbocycles.